The third-order valence-electron chi connectivity index (χ3n) is 6.78. The molecule has 1 fully saturated rings. The number of fused-ring (bicyclic) bond motifs is 1. The first-order chi connectivity index (χ1) is 15.6. The zero-order chi connectivity index (χ0) is 23.6. The van der Waals surface area contributed by atoms with Crippen LogP contribution in [0.5, 0.6) is 0 Å². The number of thiophene rings is 1. The highest BCUT2D eigenvalue weighted by atomic mass is 32.2. The van der Waals surface area contributed by atoms with Gasteiger partial charge in [0.1, 0.15) is 5.82 Å². The molecule has 4 rings (SSSR count). The van der Waals surface area contributed by atoms with E-state index < -0.39 is 10.0 Å². The van der Waals surface area contributed by atoms with Crippen LogP contribution in [0.2, 0.25) is 0 Å². The molecule has 0 bridgehead atoms. The van der Waals surface area contributed by atoms with Crippen molar-refractivity contribution in [1.82, 2.24) is 14.6 Å². The maximum Gasteiger partial charge on any atom is 0.261 e. The van der Waals surface area contributed by atoms with E-state index in [4.69, 9.17) is 0 Å². The molecule has 1 saturated heterocycles. The number of carbonyl (C=O) groups excluding carboxylic acids is 1. The number of pyridine rings is 1. The zero-order valence-electron chi connectivity index (χ0n) is 19.7. The van der Waals surface area contributed by atoms with E-state index in [1.165, 1.54) is 14.7 Å². The lowest BCUT2D eigenvalue weighted by atomic mass is 9.72. The SMILES string of the molecule is CC(C)(C)C1CCc2sc(C(=O)NCCS(=O)(=O)N3CCN(c4ccccn4)CC3)cc2C1. The lowest BCUT2D eigenvalue weighted by Crippen LogP contribution is -2.50. The fraction of sp³-hybridized carbons (Fsp3) is 0.583. The van der Waals surface area contributed by atoms with Gasteiger partial charge < -0.3 is 10.2 Å². The minimum absolute atomic E-state index is 0.0838. The largest absolute Gasteiger partial charge is 0.354 e. The highest BCUT2D eigenvalue weighted by Gasteiger charge is 2.31. The molecule has 2 aliphatic rings. The Morgan fingerprint density at radius 2 is 1.97 bits per heavy atom. The molecule has 1 aliphatic carbocycles. The van der Waals surface area contributed by atoms with Crippen molar-refractivity contribution in [2.24, 2.45) is 11.3 Å². The summed E-state index contributed by atoms with van der Waals surface area (Å²) in [6, 6.07) is 7.75. The van der Waals surface area contributed by atoms with Gasteiger partial charge in [-0.25, -0.2) is 13.4 Å². The Morgan fingerprint density at radius 3 is 2.64 bits per heavy atom. The number of hydrogen-bond donors (Lipinski definition) is 1. The van der Waals surface area contributed by atoms with E-state index in [0.29, 0.717) is 37.0 Å². The summed E-state index contributed by atoms with van der Waals surface area (Å²) in [5, 5.41) is 2.82. The molecule has 2 aromatic rings. The smallest absolute Gasteiger partial charge is 0.261 e. The second-order valence-corrected chi connectivity index (χ2v) is 13.2. The Hall–Kier alpha value is -1.97. The van der Waals surface area contributed by atoms with Gasteiger partial charge in [-0.2, -0.15) is 4.31 Å². The van der Waals surface area contributed by atoms with Gasteiger partial charge in [0, 0.05) is 43.8 Å². The summed E-state index contributed by atoms with van der Waals surface area (Å²) in [7, 11) is -3.42. The summed E-state index contributed by atoms with van der Waals surface area (Å²) in [4.78, 5) is 21.1. The number of rotatable bonds is 6. The number of piperazine rings is 1. The molecule has 0 aromatic carbocycles. The predicted molar refractivity (Wildman–Crippen MR) is 133 cm³/mol. The molecule has 0 saturated carbocycles. The van der Waals surface area contributed by atoms with E-state index in [1.54, 1.807) is 17.5 Å². The van der Waals surface area contributed by atoms with Gasteiger partial charge in [0.25, 0.3) is 5.91 Å². The van der Waals surface area contributed by atoms with Crippen molar-refractivity contribution in [1.29, 1.82) is 0 Å². The average Bonchev–Trinajstić information content (AvgIpc) is 3.23. The number of carbonyl (C=O) groups is 1. The van der Waals surface area contributed by atoms with Crippen molar-refractivity contribution in [3.05, 3.63) is 45.8 Å². The van der Waals surface area contributed by atoms with Gasteiger partial charge in [-0.15, -0.1) is 11.3 Å². The number of anilines is 1. The highest BCUT2D eigenvalue weighted by molar-refractivity contribution is 7.89. The van der Waals surface area contributed by atoms with Crippen LogP contribution in [0.1, 0.15) is 47.3 Å². The number of aryl methyl sites for hydroxylation is 1. The van der Waals surface area contributed by atoms with Gasteiger partial charge >= 0.3 is 0 Å². The first-order valence-corrected chi connectivity index (χ1v) is 14.1. The fourth-order valence-electron chi connectivity index (χ4n) is 4.62. The van der Waals surface area contributed by atoms with Crippen LogP contribution in [0.25, 0.3) is 0 Å². The van der Waals surface area contributed by atoms with Gasteiger partial charge in [-0.1, -0.05) is 26.8 Å². The first-order valence-electron chi connectivity index (χ1n) is 11.7. The van der Waals surface area contributed by atoms with Gasteiger partial charge in [-0.3, -0.25) is 4.79 Å². The topological polar surface area (TPSA) is 82.6 Å². The maximum absolute atomic E-state index is 12.8. The molecule has 0 spiro atoms. The van der Waals surface area contributed by atoms with Crippen LogP contribution < -0.4 is 10.2 Å². The third kappa shape index (κ3) is 5.75. The normalized spacial score (nSPS) is 19.8. The van der Waals surface area contributed by atoms with Crippen molar-refractivity contribution in [2.75, 3.05) is 43.4 Å². The molecular formula is C24H34N4O3S2. The fourth-order valence-corrected chi connectivity index (χ4v) is 7.08. The van der Waals surface area contributed by atoms with Gasteiger partial charge in [-0.05, 0) is 54.4 Å². The Labute approximate surface area is 201 Å². The van der Waals surface area contributed by atoms with Gasteiger partial charge in [0.2, 0.25) is 10.0 Å². The van der Waals surface area contributed by atoms with Crippen LogP contribution in [-0.2, 0) is 22.9 Å². The Bertz CT molecular complexity index is 1070. The molecule has 0 radical (unpaired) electrons. The lowest BCUT2D eigenvalue weighted by molar-refractivity contribution is 0.0960. The van der Waals surface area contributed by atoms with Crippen LogP contribution in [0.3, 0.4) is 0 Å². The number of nitrogens with zero attached hydrogens (tertiary/aromatic N) is 3. The molecule has 7 nitrogen and oxygen atoms in total. The molecule has 9 heteroatoms. The number of sulfonamides is 1. The van der Waals surface area contributed by atoms with E-state index in [1.807, 2.05) is 24.3 Å². The van der Waals surface area contributed by atoms with Crippen LogP contribution in [0, 0.1) is 11.3 Å². The number of amides is 1. The molecule has 180 valence electrons. The van der Waals surface area contributed by atoms with E-state index in [-0.39, 0.29) is 23.6 Å². The van der Waals surface area contributed by atoms with Crippen molar-refractivity contribution < 1.29 is 13.2 Å². The second kappa shape index (κ2) is 9.72. The minimum Gasteiger partial charge on any atom is -0.354 e. The van der Waals surface area contributed by atoms with Crippen LogP contribution in [0.15, 0.2) is 30.5 Å². The molecule has 2 aromatic heterocycles. The number of nitrogens with one attached hydrogen (secondary N) is 1. The quantitative estimate of drug-likeness (QED) is 0.673. The molecule has 1 amide bonds. The molecule has 1 unspecified atom stereocenters. The van der Waals surface area contributed by atoms with Crippen molar-refractivity contribution in [2.45, 2.75) is 40.0 Å². The number of aromatic nitrogens is 1. The van der Waals surface area contributed by atoms with Crippen molar-refractivity contribution >= 4 is 33.1 Å². The summed E-state index contributed by atoms with van der Waals surface area (Å²) >= 11 is 1.56. The summed E-state index contributed by atoms with van der Waals surface area (Å²) in [6.45, 7) is 9.04. The molecule has 33 heavy (non-hydrogen) atoms. The minimum atomic E-state index is -3.42. The summed E-state index contributed by atoms with van der Waals surface area (Å²) in [5.74, 6) is 1.24. The zero-order valence-corrected chi connectivity index (χ0v) is 21.3. The summed E-state index contributed by atoms with van der Waals surface area (Å²) in [5.41, 5.74) is 1.55. The van der Waals surface area contributed by atoms with Crippen LogP contribution in [-0.4, -0.2) is 62.1 Å². The highest BCUT2D eigenvalue weighted by Crippen LogP contribution is 2.40. The molecule has 1 atom stereocenters. The van der Waals surface area contributed by atoms with Gasteiger partial charge in [0.15, 0.2) is 0 Å². The monoisotopic (exact) mass is 490 g/mol. The first kappa shape index (κ1) is 24.2. The van der Waals surface area contributed by atoms with E-state index in [0.717, 1.165) is 25.1 Å². The maximum atomic E-state index is 12.8. The van der Waals surface area contributed by atoms with E-state index in [2.05, 4.69) is 36.0 Å². The number of hydrogen-bond acceptors (Lipinski definition) is 6. The van der Waals surface area contributed by atoms with Crippen LogP contribution in [0.4, 0.5) is 5.82 Å². The second-order valence-electron chi connectivity index (χ2n) is 10.0. The molecule has 3 heterocycles. The standard InChI is InChI=1S/C24H34N4O3S2/c1-24(2,3)19-7-8-20-18(16-19)17-21(32-20)23(29)26-10-15-33(30,31)28-13-11-27(12-14-28)22-6-4-5-9-25-22/h4-6,9,17,19H,7-8,10-16H2,1-3H3,(H,26,29). The Morgan fingerprint density at radius 1 is 1.21 bits per heavy atom. The van der Waals surface area contributed by atoms with Crippen LogP contribution >= 0.6 is 11.3 Å². The van der Waals surface area contributed by atoms with E-state index in [9.17, 15) is 13.2 Å². The summed E-state index contributed by atoms with van der Waals surface area (Å²) < 4.78 is 27.1. The Balaban J connectivity index is 1.26. The van der Waals surface area contributed by atoms with Crippen molar-refractivity contribution in [3.63, 3.8) is 0 Å². The van der Waals surface area contributed by atoms with Gasteiger partial charge in [0.05, 0.1) is 10.6 Å². The molecule has 1 N–H and O–H groups in total. The third-order valence-corrected chi connectivity index (χ3v) is 9.89. The molecular weight excluding hydrogens is 456 g/mol. The van der Waals surface area contributed by atoms with Crippen molar-refractivity contribution in [3.8, 4) is 0 Å². The van der Waals surface area contributed by atoms with E-state index >= 15 is 0 Å². The molecule has 1 aliphatic heterocycles. The Kier molecular flexibility index (Phi) is 7.12. The summed E-state index contributed by atoms with van der Waals surface area (Å²) in [6.07, 6.45) is 4.94. The predicted octanol–water partition coefficient (Wildman–Crippen LogP) is 3.18. The lowest BCUT2D eigenvalue weighted by Gasteiger charge is -2.34. The average molecular weight is 491 g/mol.